The molecule has 5 heteroatoms. The van der Waals surface area contributed by atoms with E-state index in [-0.39, 0.29) is 5.69 Å². The van der Waals surface area contributed by atoms with Gasteiger partial charge < -0.3 is 0 Å². The van der Waals surface area contributed by atoms with Gasteiger partial charge in [-0.3, -0.25) is 20.4 Å². The van der Waals surface area contributed by atoms with Gasteiger partial charge in [-0.15, -0.1) is 0 Å². The molecule has 1 aromatic rings. The Labute approximate surface area is 69.0 Å². The van der Waals surface area contributed by atoms with Crippen molar-refractivity contribution in [2.24, 2.45) is 0 Å². The van der Waals surface area contributed by atoms with Crippen LogP contribution in [0.2, 0.25) is 0 Å². The minimum absolute atomic E-state index is 0.0144. The van der Waals surface area contributed by atoms with Gasteiger partial charge in [0.2, 0.25) is 0 Å². The molecule has 0 aliphatic rings. The van der Waals surface area contributed by atoms with Gasteiger partial charge in [-0.05, 0) is 12.1 Å². The summed E-state index contributed by atoms with van der Waals surface area (Å²) < 4.78 is 0. The smallest absolute Gasteiger partial charge is 0.269 e. The lowest BCUT2D eigenvalue weighted by atomic mass is 10.3. The van der Waals surface area contributed by atoms with Crippen molar-refractivity contribution in [3.05, 3.63) is 34.4 Å². The number of hydrogen-bond donors (Lipinski definition) is 1. The molecule has 0 spiro atoms. The van der Waals surface area contributed by atoms with Gasteiger partial charge in [-0.2, -0.15) is 0 Å². The van der Waals surface area contributed by atoms with Gasteiger partial charge in [0.05, 0.1) is 10.6 Å². The molecule has 0 unspecified atom stereocenters. The van der Waals surface area contributed by atoms with Crippen molar-refractivity contribution < 1.29 is 10.1 Å². The number of hydrogen-bond acceptors (Lipinski definition) is 4. The van der Waals surface area contributed by atoms with Crippen LogP contribution in [0.15, 0.2) is 24.3 Å². The first-order valence-corrected chi connectivity index (χ1v) is 3.28. The van der Waals surface area contributed by atoms with Gasteiger partial charge in [0.25, 0.3) is 5.69 Å². The van der Waals surface area contributed by atoms with Crippen molar-refractivity contribution in [1.29, 1.82) is 0 Å². The zero-order valence-corrected chi connectivity index (χ0v) is 6.47. The third kappa shape index (κ3) is 1.70. The molecule has 0 saturated heterocycles. The minimum Gasteiger partial charge on any atom is -0.289 e. The van der Waals surface area contributed by atoms with Gasteiger partial charge in [-0.25, -0.2) is 0 Å². The van der Waals surface area contributed by atoms with E-state index in [1.165, 1.54) is 31.3 Å². The molecule has 0 aliphatic heterocycles. The molecule has 64 valence electrons. The van der Waals surface area contributed by atoms with E-state index in [1.54, 1.807) is 0 Å². The standard InChI is InChI=1S/C7H8N2O3/c1-8(10)6-2-4-7(5-3-6)9(11)12/h2-5,10H,1H3. The summed E-state index contributed by atoms with van der Waals surface area (Å²) in [5.41, 5.74) is 0.529. The Morgan fingerprint density at radius 3 is 2.25 bits per heavy atom. The topological polar surface area (TPSA) is 66.6 Å². The second-order valence-electron chi connectivity index (χ2n) is 2.30. The predicted octanol–water partition coefficient (Wildman–Crippen LogP) is 1.42. The third-order valence-corrected chi connectivity index (χ3v) is 1.43. The van der Waals surface area contributed by atoms with Gasteiger partial charge in [0.1, 0.15) is 0 Å². The predicted molar refractivity (Wildman–Crippen MR) is 43.3 cm³/mol. The number of benzene rings is 1. The molecule has 0 radical (unpaired) electrons. The number of non-ortho nitro benzene ring substituents is 1. The van der Waals surface area contributed by atoms with Gasteiger partial charge in [0.15, 0.2) is 0 Å². The Hall–Kier alpha value is -1.62. The minimum atomic E-state index is -0.485. The summed E-state index contributed by atoms with van der Waals surface area (Å²) >= 11 is 0. The average Bonchev–Trinajstić information content (AvgIpc) is 2.04. The second kappa shape index (κ2) is 3.19. The number of hydroxylamine groups is 1. The fourth-order valence-corrected chi connectivity index (χ4v) is 0.790. The molecule has 1 N–H and O–H groups in total. The van der Waals surface area contributed by atoms with E-state index in [0.717, 1.165) is 5.06 Å². The van der Waals surface area contributed by atoms with Crippen LogP contribution < -0.4 is 5.06 Å². The number of rotatable bonds is 2. The monoisotopic (exact) mass is 168 g/mol. The van der Waals surface area contributed by atoms with Crippen LogP contribution >= 0.6 is 0 Å². The highest BCUT2D eigenvalue weighted by atomic mass is 16.6. The first-order chi connectivity index (χ1) is 5.61. The van der Waals surface area contributed by atoms with E-state index in [2.05, 4.69) is 0 Å². The zero-order chi connectivity index (χ0) is 9.14. The fraction of sp³-hybridized carbons (Fsp3) is 0.143. The molecule has 0 heterocycles. The number of nitrogens with zero attached hydrogens (tertiary/aromatic N) is 2. The quantitative estimate of drug-likeness (QED) is 0.535. The SMILES string of the molecule is CN(O)c1ccc([N+](=O)[O-])cc1. The van der Waals surface area contributed by atoms with Crippen molar-refractivity contribution >= 4 is 11.4 Å². The molecule has 5 nitrogen and oxygen atoms in total. The molecule has 1 rings (SSSR count). The van der Waals surface area contributed by atoms with Crippen molar-refractivity contribution in [3.8, 4) is 0 Å². The van der Waals surface area contributed by atoms with E-state index in [0.29, 0.717) is 5.69 Å². The average molecular weight is 168 g/mol. The molecule has 0 fully saturated rings. The van der Waals surface area contributed by atoms with E-state index >= 15 is 0 Å². The van der Waals surface area contributed by atoms with Gasteiger partial charge in [0, 0.05) is 19.2 Å². The maximum Gasteiger partial charge on any atom is 0.269 e. The summed E-state index contributed by atoms with van der Waals surface area (Å²) in [6.45, 7) is 0. The van der Waals surface area contributed by atoms with E-state index in [9.17, 15) is 10.1 Å². The van der Waals surface area contributed by atoms with E-state index in [4.69, 9.17) is 5.21 Å². The van der Waals surface area contributed by atoms with Crippen LogP contribution in [0.1, 0.15) is 0 Å². The molecule has 12 heavy (non-hydrogen) atoms. The highest BCUT2D eigenvalue weighted by Gasteiger charge is 2.04. The summed E-state index contributed by atoms with van der Waals surface area (Å²) in [6, 6.07) is 5.61. The number of anilines is 1. The van der Waals surface area contributed by atoms with Crippen LogP contribution in [0.4, 0.5) is 11.4 Å². The molecular formula is C7H8N2O3. The summed E-state index contributed by atoms with van der Waals surface area (Å²) in [5, 5.41) is 20.0. The first-order valence-electron chi connectivity index (χ1n) is 3.28. The summed E-state index contributed by atoms with van der Waals surface area (Å²) in [6.07, 6.45) is 0. The lowest BCUT2D eigenvalue weighted by Gasteiger charge is -2.08. The van der Waals surface area contributed by atoms with Crippen molar-refractivity contribution in [1.82, 2.24) is 0 Å². The fourth-order valence-electron chi connectivity index (χ4n) is 0.790. The van der Waals surface area contributed by atoms with Crippen molar-refractivity contribution in [2.75, 3.05) is 12.1 Å². The van der Waals surface area contributed by atoms with Crippen LogP contribution in [-0.2, 0) is 0 Å². The first kappa shape index (κ1) is 8.48. The highest BCUT2D eigenvalue weighted by Crippen LogP contribution is 2.16. The van der Waals surface area contributed by atoms with E-state index < -0.39 is 4.92 Å². The van der Waals surface area contributed by atoms with Crippen molar-refractivity contribution in [3.63, 3.8) is 0 Å². The van der Waals surface area contributed by atoms with Crippen LogP contribution in [0, 0.1) is 10.1 Å². The maximum atomic E-state index is 10.2. The molecule has 0 aromatic heterocycles. The zero-order valence-electron chi connectivity index (χ0n) is 6.47. The Balaban J connectivity index is 2.93. The van der Waals surface area contributed by atoms with Crippen LogP contribution in [0.3, 0.4) is 0 Å². The lowest BCUT2D eigenvalue weighted by molar-refractivity contribution is -0.384. The van der Waals surface area contributed by atoms with E-state index in [1.807, 2.05) is 0 Å². The molecule has 0 amide bonds. The molecule has 1 aromatic carbocycles. The lowest BCUT2D eigenvalue weighted by Crippen LogP contribution is -2.09. The molecule has 0 bridgehead atoms. The van der Waals surface area contributed by atoms with Crippen LogP contribution in [0.5, 0.6) is 0 Å². The van der Waals surface area contributed by atoms with Crippen LogP contribution in [-0.4, -0.2) is 17.2 Å². The van der Waals surface area contributed by atoms with Gasteiger partial charge >= 0.3 is 0 Å². The van der Waals surface area contributed by atoms with Crippen LogP contribution in [0.25, 0.3) is 0 Å². The Kier molecular flexibility index (Phi) is 2.25. The summed E-state index contributed by atoms with van der Waals surface area (Å²) in [7, 11) is 1.45. The highest BCUT2D eigenvalue weighted by molar-refractivity contribution is 5.48. The van der Waals surface area contributed by atoms with Gasteiger partial charge in [-0.1, -0.05) is 0 Å². The van der Waals surface area contributed by atoms with Crippen molar-refractivity contribution in [2.45, 2.75) is 0 Å². The largest absolute Gasteiger partial charge is 0.289 e. The molecular weight excluding hydrogens is 160 g/mol. The Bertz CT molecular complexity index is 281. The summed E-state index contributed by atoms with van der Waals surface area (Å²) in [5.74, 6) is 0. The number of nitro benzene ring substituents is 1. The maximum absolute atomic E-state index is 10.2. The third-order valence-electron chi connectivity index (χ3n) is 1.43. The Morgan fingerprint density at radius 1 is 1.42 bits per heavy atom. The molecule has 0 saturated carbocycles. The summed E-state index contributed by atoms with van der Waals surface area (Å²) in [4.78, 5) is 9.73. The number of nitro groups is 1. The second-order valence-corrected chi connectivity index (χ2v) is 2.30. The Morgan fingerprint density at radius 2 is 1.92 bits per heavy atom. The molecule has 0 atom stereocenters. The normalized spacial score (nSPS) is 9.50. The molecule has 0 aliphatic carbocycles.